The van der Waals surface area contributed by atoms with E-state index in [0.717, 1.165) is 6.42 Å². The van der Waals surface area contributed by atoms with Crippen molar-refractivity contribution in [3.8, 4) is 0 Å². The van der Waals surface area contributed by atoms with Crippen LogP contribution in [0.25, 0.3) is 11.0 Å². The average Bonchev–Trinajstić information content (AvgIpc) is 2.68. The molecular formula is C13H15Cl2FN2OS. The second-order valence-electron chi connectivity index (χ2n) is 4.62. The monoisotopic (exact) mass is 336 g/mol. The maximum Gasteiger partial charge on any atom is 0.144 e. The van der Waals surface area contributed by atoms with Crippen molar-refractivity contribution < 1.29 is 8.60 Å². The SMILES string of the molecule is CC(Cl)c1nc2cc(Cl)c(F)cc2n1CCCS(C)=O. The van der Waals surface area contributed by atoms with E-state index in [1.165, 1.54) is 12.1 Å². The summed E-state index contributed by atoms with van der Waals surface area (Å²) in [6.45, 7) is 2.42. The van der Waals surface area contributed by atoms with Gasteiger partial charge in [0.15, 0.2) is 0 Å². The highest BCUT2D eigenvalue weighted by molar-refractivity contribution is 7.84. The molecule has 0 saturated heterocycles. The molecule has 0 aliphatic rings. The molecule has 1 heterocycles. The molecule has 2 atom stereocenters. The van der Waals surface area contributed by atoms with Crippen molar-refractivity contribution in [2.75, 3.05) is 12.0 Å². The topological polar surface area (TPSA) is 34.9 Å². The number of hydrogen-bond donors (Lipinski definition) is 0. The first-order chi connectivity index (χ1) is 9.40. The predicted molar refractivity (Wildman–Crippen MR) is 82.5 cm³/mol. The molecule has 7 heteroatoms. The summed E-state index contributed by atoms with van der Waals surface area (Å²) in [5.74, 6) is 0.782. The number of halogens is 3. The molecule has 0 aliphatic heterocycles. The van der Waals surface area contributed by atoms with Gasteiger partial charge in [0.2, 0.25) is 0 Å². The maximum atomic E-state index is 13.6. The lowest BCUT2D eigenvalue weighted by atomic mass is 10.3. The summed E-state index contributed by atoms with van der Waals surface area (Å²) in [6.07, 6.45) is 2.38. The molecule has 1 aromatic heterocycles. The highest BCUT2D eigenvalue weighted by Gasteiger charge is 2.16. The van der Waals surface area contributed by atoms with E-state index in [2.05, 4.69) is 4.98 Å². The number of nitrogens with zero attached hydrogens (tertiary/aromatic N) is 2. The summed E-state index contributed by atoms with van der Waals surface area (Å²) in [6, 6.07) is 2.87. The fraction of sp³-hybridized carbons (Fsp3) is 0.462. The molecular weight excluding hydrogens is 322 g/mol. The molecule has 0 fully saturated rings. The lowest BCUT2D eigenvalue weighted by Crippen LogP contribution is -2.07. The minimum atomic E-state index is -0.848. The van der Waals surface area contributed by atoms with Crippen LogP contribution in [-0.4, -0.2) is 25.8 Å². The van der Waals surface area contributed by atoms with E-state index in [1.807, 2.05) is 11.5 Å². The van der Waals surface area contributed by atoms with E-state index < -0.39 is 16.6 Å². The fourth-order valence-corrected chi connectivity index (χ4v) is 2.96. The van der Waals surface area contributed by atoms with Crippen LogP contribution in [0.5, 0.6) is 0 Å². The van der Waals surface area contributed by atoms with Gasteiger partial charge >= 0.3 is 0 Å². The van der Waals surface area contributed by atoms with Gasteiger partial charge in [0, 0.05) is 35.4 Å². The normalized spacial score (nSPS) is 14.7. The second-order valence-corrected chi connectivity index (χ2v) is 7.24. The Morgan fingerprint density at radius 2 is 2.20 bits per heavy atom. The highest BCUT2D eigenvalue weighted by atomic mass is 35.5. The van der Waals surface area contributed by atoms with Gasteiger partial charge in [0.05, 0.1) is 21.4 Å². The van der Waals surface area contributed by atoms with Crippen LogP contribution >= 0.6 is 23.2 Å². The van der Waals surface area contributed by atoms with Gasteiger partial charge < -0.3 is 4.57 Å². The minimum absolute atomic E-state index is 0.0468. The first-order valence-corrected chi connectivity index (χ1v) is 8.73. The van der Waals surface area contributed by atoms with Crippen LogP contribution in [0.15, 0.2) is 12.1 Å². The summed E-state index contributed by atoms with van der Waals surface area (Å²) in [5, 5.41) is -0.248. The Balaban J connectivity index is 2.45. The van der Waals surface area contributed by atoms with Crippen LogP contribution in [0.3, 0.4) is 0 Å². The van der Waals surface area contributed by atoms with E-state index in [4.69, 9.17) is 23.2 Å². The Hall–Kier alpha value is -0.650. The molecule has 1 aromatic carbocycles. The molecule has 0 amide bonds. The first-order valence-electron chi connectivity index (χ1n) is 6.19. The molecule has 0 N–H and O–H groups in total. The van der Waals surface area contributed by atoms with E-state index in [-0.39, 0.29) is 10.4 Å². The Labute approximate surface area is 129 Å². The third kappa shape index (κ3) is 3.32. The van der Waals surface area contributed by atoms with Crippen molar-refractivity contribution >= 4 is 45.0 Å². The zero-order chi connectivity index (χ0) is 14.9. The van der Waals surface area contributed by atoms with Gasteiger partial charge in [0.1, 0.15) is 11.6 Å². The molecule has 2 unspecified atom stereocenters. The second kappa shape index (κ2) is 6.41. The van der Waals surface area contributed by atoms with Gasteiger partial charge in [-0.3, -0.25) is 4.21 Å². The standard InChI is InChI=1S/C13H15Cl2FN2OS/c1-8(14)13-17-11-6-9(15)10(16)7-12(11)18(13)4-3-5-20(2)19/h6-8H,3-5H2,1-2H3. The summed E-state index contributed by atoms with van der Waals surface area (Å²) >= 11 is 11.9. The van der Waals surface area contributed by atoms with Crippen LogP contribution in [0.1, 0.15) is 24.5 Å². The van der Waals surface area contributed by atoms with Crippen LogP contribution < -0.4 is 0 Å². The van der Waals surface area contributed by atoms with Gasteiger partial charge in [-0.15, -0.1) is 11.6 Å². The van der Waals surface area contributed by atoms with Crippen molar-refractivity contribution in [3.63, 3.8) is 0 Å². The number of aryl methyl sites for hydroxylation is 1. The van der Waals surface area contributed by atoms with Crippen molar-refractivity contribution in [2.45, 2.75) is 25.3 Å². The highest BCUT2D eigenvalue weighted by Crippen LogP contribution is 2.28. The van der Waals surface area contributed by atoms with Crippen molar-refractivity contribution in [1.82, 2.24) is 9.55 Å². The number of imidazole rings is 1. The predicted octanol–water partition coefficient (Wildman–Crippen LogP) is 3.90. The fourth-order valence-electron chi connectivity index (χ4n) is 2.10. The van der Waals surface area contributed by atoms with Crippen LogP contribution in [-0.2, 0) is 17.3 Å². The zero-order valence-electron chi connectivity index (χ0n) is 11.2. The van der Waals surface area contributed by atoms with E-state index in [1.54, 1.807) is 6.26 Å². The number of rotatable bonds is 5. The molecule has 0 bridgehead atoms. The van der Waals surface area contributed by atoms with Crippen molar-refractivity contribution in [3.05, 3.63) is 28.8 Å². The minimum Gasteiger partial charge on any atom is -0.327 e. The molecule has 2 aromatic rings. The number of fused-ring (bicyclic) bond motifs is 1. The van der Waals surface area contributed by atoms with Crippen LogP contribution in [0.2, 0.25) is 5.02 Å². The summed E-state index contributed by atoms with van der Waals surface area (Å²) in [4.78, 5) is 4.42. The molecule has 0 aliphatic carbocycles. The van der Waals surface area contributed by atoms with Gasteiger partial charge in [0.25, 0.3) is 0 Å². The molecule has 20 heavy (non-hydrogen) atoms. The molecule has 0 saturated carbocycles. The van der Waals surface area contributed by atoms with E-state index in [0.29, 0.717) is 29.2 Å². The Morgan fingerprint density at radius 1 is 1.50 bits per heavy atom. The smallest absolute Gasteiger partial charge is 0.144 e. The quantitative estimate of drug-likeness (QED) is 0.776. The Bertz CT molecular complexity index is 657. The largest absolute Gasteiger partial charge is 0.327 e. The lowest BCUT2D eigenvalue weighted by molar-refractivity contribution is 0.623. The first kappa shape index (κ1) is 15.7. The summed E-state index contributed by atoms with van der Waals surface area (Å²) in [5.41, 5.74) is 1.29. The van der Waals surface area contributed by atoms with Gasteiger partial charge in [-0.05, 0) is 19.4 Å². The number of benzene rings is 1. The van der Waals surface area contributed by atoms with Crippen molar-refractivity contribution in [2.24, 2.45) is 0 Å². The third-order valence-electron chi connectivity index (χ3n) is 2.99. The average molecular weight is 337 g/mol. The Kier molecular flexibility index (Phi) is 5.04. The summed E-state index contributed by atoms with van der Waals surface area (Å²) < 4.78 is 26.6. The van der Waals surface area contributed by atoms with Gasteiger partial charge in [-0.25, -0.2) is 9.37 Å². The van der Waals surface area contributed by atoms with Gasteiger partial charge in [-0.2, -0.15) is 0 Å². The van der Waals surface area contributed by atoms with Crippen LogP contribution in [0, 0.1) is 5.82 Å². The van der Waals surface area contributed by atoms with Crippen LogP contribution in [0.4, 0.5) is 4.39 Å². The van der Waals surface area contributed by atoms with E-state index >= 15 is 0 Å². The number of aromatic nitrogens is 2. The zero-order valence-corrected chi connectivity index (χ0v) is 13.5. The molecule has 2 rings (SSSR count). The van der Waals surface area contributed by atoms with E-state index in [9.17, 15) is 8.60 Å². The molecule has 110 valence electrons. The third-order valence-corrected chi connectivity index (χ3v) is 4.34. The van der Waals surface area contributed by atoms with Gasteiger partial charge in [-0.1, -0.05) is 11.6 Å². The lowest BCUT2D eigenvalue weighted by Gasteiger charge is -2.10. The maximum absolute atomic E-state index is 13.6. The summed E-state index contributed by atoms with van der Waals surface area (Å²) in [7, 11) is -0.848. The molecule has 0 radical (unpaired) electrons. The Morgan fingerprint density at radius 3 is 2.80 bits per heavy atom. The number of alkyl halides is 1. The molecule has 0 spiro atoms. The molecule has 3 nitrogen and oxygen atoms in total. The number of hydrogen-bond acceptors (Lipinski definition) is 2. The van der Waals surface area contributed by atoms with Crippen molar-refractivity contribution in [1.29, 1.82) is 0 Å².